The first-order valence-electron chi connectivity index (χ1n) is 5.20. The Bertz CT molecular complexity index is 314. The van der Waals surface area contributed by atoms with E-state index in [1.165, 1.54) is 0 Å². The number of benzene rings is 1. The minimum Gasteiger partial charge on any atom is -0.380 e. The highest BCUT2D eigenvalue weighted by Crippen LogP contribution is 2.18. The van der Waals surface area contributed by atoms with Crippen LogP contribution >= 0.6 is 0 Å². The van der Waals surface area contributed by atoms with Gasteiger partial charge in [-0.05, 0) is 31.5 Å². The van der Waals surface area contributed by atoms with E-state index in [9.17, 15) is 4.39 Å². The molecule has 0 unspecified atom stereocenters. The molecule has 1 aromatic carbocycles. The van der Waals surface area contributed by atoms with Crippen molar-refractivity contribution in [1.82, 2.24) is 0 Å². The number of likely N-dealkylation sites (N-methyl/N-ethyl adjacent to an activating group) is 1. The third-order valence-corrected chi connectivity index (χ3v) is 2.29. The Morgan fingerprint density at radius 3 is 2.73 bits per heavy atom. The van der Waals surface area contributed by atoms with Crippen LogP contribution in [0, 0.1) is 12.7 Å². The van der Waals surface area contributed by atoms with E-state index in [1.807, 2.05) is 31.9 Å². The summed E-state index contributed by atoms with van der Waals surface area (Å²) in [6.07, 6.45) is 0. The lowest BCUT2D eigenvalue weighted by Crippen LogP contribution is -2.23. The lowest BCUT2D eigenvalue weighted by molar-refractivity contribution is 0.154. The van der Waals surface area contributed by atoms with E-state index in [4.69, 9.17) is 4.74 Å². The maximum absolute atomic E-state index is 13.5. The molecule has 2 nitrogen and oxygen atoms in total. The number of ether oxygens (including phenoxy) is 1. The van der Waals surface area contributed by atoms with Gasteiger partial charge >= 0.3 is 0 Å². The molecule has 1 aromatic rings. The molecule has 0 N–H and O–H groups in total. The number of rotatable bonds is 5. The van der Waals surface area contributed by atoms with Crippen LogP contribution in [0.2, 0.25) is 0 Å². The van der Waals surface area contributed by atoms with Gasteiger partial charge in [0.25, 0.3) is 0 Å². The maximum Gasteiger partial charge on any atom is 0.146 e. The van der Waals surface area contributed by atoms with Gasteiger partial charge in [-0.3, -0.25) is 0 Å². The quantitative estimate of drug-likeness (QED) is 0.694. The minimum absolute atomic E-state index is 0.172. The maximum atomic E-state index is 13.5. The fourth-order valence-electron chi connectivity index (χ4n) is 1.39. The molecule has 0 atom stereocenters. The zero-order valence-electron chi connectivity index (χ0n) is 9.59. The first-order valence-corrected chi connectivity index (χ1v) is 5.20. The van der Waals surface area contributed by atoms with Crippen molar-refractivity contribution in [2.45, 2.75) is 13.8 Å². The summed E-state index contributed by atoms with van der Waals surface area (Å²) in [5, 5.41) is 0. The van der Waals surface area contributed by atoms with Crippen LogP contribution in [0.1, 0.15) is 12.5 Å². The lowest BCUT2D eigenvalue weighted by Gasteiger charge is -2.19. The van der Waals surface area contributed by atoms with Crippen molar-refractivity contribution in [3.05, 3.63) is 29.6 Å². The third-order valence-electron chi connectivity index (χ3n) is 2.29. The number of halogens is 1. The summed E-state index contributed by atoms with van der Waals surface area (Å²) in [6.45, 7) is 5.86. The van der Waals surface area contributed by atoms with E-state index >= 15 is 0 Å². The predicted octanol–water partition coefficient (Wildman–Crippen LogP) is 2.61. The molecule has 0 radical (unpaired) electrons. The van der Waals surface area contributed by atoms with Gasteiger partial charge in [0.1, 0.15) is 5.82 Å². The molecule has 84 valence electrons. The molecule has 0 spiro atoms. The average molecular weight is 211 g/mol. The molecule has 0 aliphatic rings. The molecule has 3 heteroatoms. The Labute approximate surface area is 90.7 Å². The Morgan fingerprint density at radius 1 is 1.40 bits per heavy atom. The van der Waals surface area contributed by atoms with E-state index in [1.54, 1.807) is 12.1 Å². The fourth-order valence-corrected chi connectivity index (χ4v) is 1.39. The standard InChI is InChI=1S/C12H18FNO/c1-4-15-8-7-14(3)12-6-5-10(2)9-11(12)13/h5-6,9H,4,7-8H2,1-3H3. The highest BCUT2D eigenvalue weighted by atomic mass is 19.1. The summed E-state index contributed by atoms with van der Waals surface area (Å²) in [7, 11) is 1.87. The van der Waals surface area contributed by atoms with Gasteiger partial charge in [0.2, 0.25) is 0 Å². The summed E-state index contributed by atoms with van der Waals surface area (Å²) < 4.78 is 18.8. The SMILES string of the molecule is CCOCCN(C)c1ccc(C)cc1F. The van der Waals surface area contributed by atoms with E-state index in [-0.39, 0.29) is 5.82 Å². The highest BCUT2D eigenvalue weighted by molar-refractivity contribution is 5.48. The monoisotopic (exact) mass is 211 g/mol. The summed E-state index contributed by atoms with van der Waals surface area (Å²) in [5.41, 5.74) is 1.56. The zero-order chi connectivity index (χ0) is 11.3. The smallest absolute Gasteiger partial charge is 0.146 e. The Balaban J connectivity index is 2.61. The molecule has 0 bridgehead atoms. The van der Waals surface area contributed by atoms with Crippen molar-refractivity contribution in [3.63, 3.8) is 0 Å². The lowest BCUT2D eigenvalue weighted by atomic mass is 10.2. The van der Waals surface area contributed by atoms with Crippen molar-refractivity contribution in [1.29, 1.82) is 0 Å². The molecule has 0 saturated carbocycles. The van der Waals surface area contributed by atoms with Gasteiger partial charge in [0, 0.05) is 20.2 Å². The van der Waals surface area contributed by atoms with E-state index in [0.717, 1.165) is 5.56 Å². The van der Waals surface area contributed by atoms with Gasteiger partial charge in [-0.2, -0.15) is 0 Å². The molecule has 0 heterocycles. The van der Waals surface area contributed by atoms with Crippen LogP contribution in [0.15, 0.2) is 18.2 Å². The summed E-state index contributed by atoms with van der Waals surface area (Å²) in [5.74, 6) is -0.172. The molecule has 0 aliphatic heterocycles. The Kier molecular flexibility index (Phi) is 4.56. The molecular formula is C12H18FNO. The van der Waals surface area contributed by atoms with Gasteiger partial charge in [-0.25, -0.2) is 4.39 Å². The predicted molar refractivity (Wildman–Crippen MR) is 60.9 cm³/mol. The molecule has 0 aromatic heterocycles. The number of hydrogen-bond acceptors (Lipinski definition) is 2. The molecule has 0 fully saturated rings. The first-order chi connectivity index (χ1) is 7.15. The number of hydrogen-bond donors (Lipinski definition) is 0. The van der Waals surface area contributed by atoms with Gasteiger partial charge in [-0.15, -0.1) is 0 Å². The van der Waals surface area contributed by atoms with Crippen LogP contribution < -0.4 is 4.90 Å². The largest absolute Gasteiger partial charge is 0.380 e. The number of anilines is 1. The van der Waals surface area contributed by atoms with Gasteiger partial charge in [0.05, 0.1) is 12.3 Å². The van der Waals surface area contributed by atoms with E-state index < -0.39 is 0 Å². The van der Waals surface area contributed by atoms with Crippen molar-refractivity contribution in [2.75, 3.05) is 31.7 Å². The average Bonchev–Trinajstić information content (AvgIpc) is 2.17. The number of nitrogens with zero attached hydrogens (tertiary/aromatic N) is 1. The van der Waals surface area contributed by atoms with Crippen LogP contribution in [-0.2, 0) is 4.74 Å². The fraction of sp³-hybridized carbons (Fsp3) is 0.500. The molecule has 0 aliphatic carbocycles. The Morgan fingerprint density at radius 2 is 2.13 bits per heavy atom. The van der Waals surface area contributed by atoms with Crippen molar-refractivity contribution < 1.29 is 9.13 Å². The van der Waals surface area contributed by atoms with Crippen LogP contribution in [0.4, 0.5) is 10.1 Å². The van der Waals surface area contributed by atoms with Crippen LogP contribution in [0.25, 0.3) is 0 Å². The zero-order valence-corrected chi connectivity index (χ0v) is 9.59. The molecule has 0 amide bonds. The molecule has 1 rings (SSSR count). The topological polar surface area (TPSA) is 12.5 Å². The van der Waals surface area contributed by atoms with Crippen LogP contribution in [0.3, 0.4) is 0 Å². The molecule has 0 saturated heterocycles. The van der Waals surface area contributed by atoms with Gasteiger partial charge < -0.3 is 9.64 Å². The minimum atomic E-state index is -0.172. The second kappa shape index (κ2) is 5.71. The third kappa shape index (κ3) is 3.51. The van der Waals surface area contributed by atoms with Crippen molar-refractivity contribution in [2.24, 2.45) is 0 Å². The Hall–Kier alpha value is -1.09. The van der Waals surface area contributed by atoms with Crippen molar-refractivity contribution in [3.8, 4) is 0 Å². The van der Waals surface area contributed by atoms with Crippen LogP contribution in [0.5, 0.6) is 0 Å². The normalized spacial score (nSPS) is 10.4. The molecular weight excluding hydrogens is 193 g/mol. The summed E-state index contributed by atoms with van der Waals surface area (Å²) in [6, 6.07) is 5.26. The summed E-state index contributed by atoms with van der Waals surface area (Å²) >= 11 is 0. The van der Waals surface area contributed by atoms with Crippen LogP contribution in [-0.4, -0.2) is 26.8 Å². The first kappa shape index (κ1) is 12.0. The second-order valence-electron chi connectivity index (χ2n) is 3.57. The highest BCUT2D eigenvalue weighted by Gasteiger charge is 2.06. The second-order valence-corrected chi connectivity index (χ2v) is 3.57. The van der Waals surface area contributed by atoms with Crippen molar-refractivity contribution >= 4 is 5.69 Å². The van der Waals surface area contributed by atoms with E-state index in [2.05, 4.69) is 0 Å². The molecule has 15 heavy (non-hydrogen) atoms. The van der Waals surface area contributed by atoms with Gasteiger partial charge in [0.15, 0.2) is 0 Å². The van der Waals surface area contributed by atoms with Gasteiger partial charge in [-0.1, -0.05) is 6.07 Å². The number of aryl methyl sites for hydroxylation is 1. The summed E-state index contributed by atoms with van der Waals surface area (Å²) in [4.78, 5) is 1.87. The van der Waals surface area contributed by atoms with E-state index in [0.29, 0.717) is 25.4 Å².